The van der Waals surface area contributed by atoms with Gasteiger partial charge in [-0.3, -0.25) is 0 Å². The van der Waals surface area contributed by atoms with Crippen molar-refractivity contribution < 1.29 is 0 Å². The summed E-state index contributed by atoms with van der Waals surface area (Å²) in [5.41, 5.74) is 7.66. The second-order valence-corrected chi connectivity index (χ2v) is 4.98. The Bertz CT molecular complexity index is 678. The molecule has 0 spiro atoms. The predicted octanol–water partition coefficient (Wildman–Crippen LogP) is 4.36. The molecule has 2 N–H and O–H groups in total. The number of anilines is 1. The lowest BCUT2D eigenvalue weighted by Gasteiger charge is -2.13. The van der Waals surface area contributed by atoms with Gasteiger partial charge in [0.15, 0.2) is 0 Å². The van der Waals surface area contributed by atoms with Crippen LogP contribution in [0.25, 0.3) is 11.1 Å². The molecule has 0 bridgehead atoms. The second kappa shape index (κ2) is 5.66. The van der Waals surface area contributed by atoms with E-state index in [-0.39, 0.29) is 12.2 Å². The number of aromatic nitrogens is 1. The van der Waals surface area contributed by atoms with E-state index in [1.807, 2.05) is 0 Å². The fraction of sp³-hybridized carbons (Fsp3) is 0.0769. The number of nitrogen functional groups attached to an aromatic ring is 1. The lowest BCUT2D eigenvalue weighted by Crippen LogP contribution is -1.99. The Morgan fingerprint density at radius 2 is 1.79 bits per heavy atom. The third-order valence-electron chi connectivity index (χ3n) is 2.63. The van der Waals surface area contributed by atoms with E-state index in [2.05, 4.69) is 11.1 Å². The first-order valence-electron chi connectivity index (χ1n) is 5.30. The average Bonchev–Trinajstić information content (AvgIpc) is 2.38. The fourth-order valence-electron chi connectivity index (χ4n) is 1.80. The molecule has 6 heteroatoms. The number of benzene rings is 1. The molecular formula is C13H8Cl3N3. The number of nitrogens with zero attached hydrogens (tertiary/aromatic N) is 2. The van der Waals surface area contributed by atoms with E-state index in [0.29, 0.717) is 31.8 Å². The van der Waals surface area contributed by atoms with E-state index in [9.17, 15) is 0 Å². The minimum Gasteiger partial charge on any atom is -0.383 e. The van der Waals surface area contributed by atoms with Crippen LogP contribution in [-0.2, 0) is 6.42 Å². The Balaban J connectivity index is 2.79. The van der Waals surface area contributed by atoms with Crippen LogP contribution in [0.3, 0.4) is 0 Å². The first-order chi connectivity index (χ1) is 9.06. The van der Waals surface area contributed by atoms with Crippen LogP contribution in [0.15, 0.2) is 24.4 Å². The Morgan fingerprint density at radius 1 is 1.11 bits per heavy atom. The van der Waals surface area contributed by atoms with Crippen molar-refractivity contribution in [2.45, 2.75) is 6.42 Å². The topological polar surface area (TPSA) is 62.7 Å². The largest absolute Gasteiger partial charge is 0.383 e. The fourth-order valence-corrected chi connectivity index (χ4v) is 2.51. The van der Waals surface area contributed by atoms with E-state index in [1.165, 1.54) is 6.20 Å². The molecule has 0 saturated carbocycles. The van der Waals surface area contributed by atoms with Gasteiger partial charge in [-0.15, -0.1) is 0 Å². The zero-order valence-corrected chi connectivity index (χ0v) is 11.9. The summed E-state index contributed by atoms with van der Waals surface area (Å²) in [6.45, 7) is 0. The molecule has 0 atom stereocenters. The molecule has 0 aliphatic rings. The summed E-state index contributed by atoms with van der Waals surface area (Å²) < 4.78 is 0. The van der Waals surface area contributed by atoms with Crippen molar-refractivity contribution in [2.24, 2.45) is 0 Å². The number of nitrogens with two attached hydrogens (primary N) is 1. The van der Waals surface area contributed by atoms with Gasteiger partial charge in [0, 0.05) is 17.3 Å². The summed E-state index contributed by atoms with van der Waals surface area (Å²) in [5, 5.41) is 9.95. The number of rotatable bonds is 2. The van der Waals surface area contributed by atoms with Crippen LogP contribution < -0.4 is 5.73 Å². The van der Waals surface area contributed by atoms with Gasteiger partial charge in [0.1, 0.15) is 5.82 Å². The smallest absolute Gasteiger partial charge is 0.131 e. The highest BCUT2D eigenvalue weighted by Crippen LogP contribution is 2.42. The minimum absolute atomic E-state index is 0.182. The van der Waals surface area contributed by atoms with Gasteiger partial charge in [-0.2, -0.15) is 5.26 Å². The van der Waals surface area contributed by atoms with Gasteiger partial charge in [-0.25, -0.2) is 4.98 Å². The van der Waals surface area contributed by atoms with Crippen molar-refractivity contribution in [2.75, 3.05) is 5.73 Å². The van der Waals surface area contributed by atoms with Crippen LogP contribution in [-0.4, -0.2) is 4.98 Å². The molecule has 3 nitrogen and oxygen atoms in total. The molecule has 0 fully saturated rings. The van der Waals surface area contributed by atoms with Gasteiger partial charge < -0.3 is 5.73 Å². The van der Waals surface area contributed by atoms with Gasteiger partial charge in [0.2, 0.25) is 0 Å². The Morgan fingerprint density at radius 3 is 2.47 bits per heavy atom. The van der Waals surface area contributed by atoms with Crippen molar-refractivity contribution >= 4 is 40.6 Å². The number of pyridine rings is 1. The van der Waals surface area contributed by atoms with Crippen molar-refractivity contribution in [1.29, 1.82) is 5.26 Å². The third-order valence-corrected chi connectivity index (χ3v) is 3.75. The lowest BCUT2D eigenvalue weighted by molar-refractivity contribution is 1.22. The van der Waals surface area contributed by atoms with Crippen LogP contribution in [0.1, 0.15) is 5.56 Å². The van der Waals surface area contributed by atoms with Crippen LogP contribution in [0.4, 0.5) is 5.82 Å². The highest BCUT2D eigenvalue weighted by Gasteiger charge is 2.18. The monoisotopic (exact) mass is 311 g/mol. The Kier molecular flexibility index (Phi) is 4.16. The molecule has 1 aromatic heterocycles. The summed E-state index contributed by atoms with van der Waals surface area (Å²) >= 11 is 18.4. The van der Waals surface area contributed by atoms with Crippen molar-refractivity contribution in [3.63, 3.8) is 0 Å². The highest BCUT2D eigenvalue weighted by atomic mass is 35.5. The first-order valence-corrected chi connectivity index (χ1v) is 6.43. The summed E-state index contributed by atoms with van der Waals surface area (Å²) in [6.07, 6.45) is 1.72. The summed E-state index contributed by atoms with van der Waals surface area (Å²) in [7, 11) is 0. The highest BCUT2D eigenvalue weighted by molar-refractivity contribution is 6.46. The molecule has 2 rings (SSSR count). The molecule has 2 aromatic rings. The normalized spacial score (nSPS) is 10.2. The molecule has 0 amide bonds. The van der Waals surface area contributed by atoms with Crippen LogP contribution in [0, 0.1) is 11.3 Å². The van der Waals surface area contributed by atoms with Crippen molar-refractivity contribution in [3.05, 3.63) is 45.0 Å². The molecule has 0 saturated heterocycles. The number of hydrogen-bond acceptors (Lipinski definition) is 3. The molecule has 19 heavy (non-hydrogen) atoms. The Hall–Kier alpha value is -1.47. The standard InChI is InChI=1S/C13H8Cl3N3/c14-8-1-2-9(15)12(16)11(8)10-7(3-5-17)4-6-19-13(10)18/h1-2,4,6H,3H2,(H2,18,19). The van der Waals surface area contributed by atoms with E-state index < -0.39 is 0 Å². The van der Waals surface area contributed by atoms with Gasteiger partial charge in [0.05, 0.1) is 27.6 Å². The van der Waals surface area contributed by atoms with E-state index in [1.54, 1.807) is 18.2 Å². The quantitative estimate of drug-likeness (QED) is 0.838. The first kappa shape index (κ1) is 14.0. The van der Waals surface area contributed by atoms with Crippen LogP contribution in [0.5, 0.6) is 0 Å². The lowest BCUT2D eigenvalue weighted by atomic mass is 9.99. The molecule has 1 heterocycles. The molecule has 0 radical (unpaired) electrons. The Labute approximate surface area is 125 Å². The molecule has 1 aromatic carbocycles. The van der Waals surface area contributed by atoms with Gasteiger partial charge in [0.25, 0.3) is 0 Å². The number of nitriles is 1. The third kappa shape index (κ3) is 2.62. The average molecular weight is 313 g/mol. The summed E-state index contributed by atoms with van der Waals surface area (Å²) in [4.78, 5) is 4.02. The molecular weight excluding hydrogens is 305 g/mol. The van der Waals surface area contributed by atoms with Gasteiger partial charge in [-0.1, -0.05) is 34.8 Å². The maximum absolute atomic E-state index is 8.87. The van der Waals surface area contributed by atoms with Crippen molar-refractivity contribution in [3.8, 4) is 17.2 Å². The summed E-state index contributed by atoms with van der Waals surface area (Å²) in [5.74, 6) is 0.263. The zero-order valence-electron chi connectivity index (χ0n) is 9.62. The van der Waals surface area contributed by atoms with Crippen molar-refractivity contribution in [1.82, 2.24) is 4.98 Å². The SMILES string of the molecule is N#CCc1ccnc(N)c1-c1c(Cl)ccc(Cl)c1Cl. The van der Waals surface area contributed by atoms with E-state index in [4.69, 9.17) is 45.8 Å². The molecule has 96 valence electrons. The van der Waals surface area contributed by atoms with E-state index >= 15 is 0 Å². The van der Waals surface area contributed by atoms with Crippen LogP contribution in [0.2, 0.25) is 15.1 Å². The van der Waals surface area contributed by atoms with Gasteiger partial charge in [-0.05, 0) is 23.8 Å². The molecule has 0 aliphatic heterocycles. The number of halogens is 3. The molecule has 0 aliphatic carbocycles. The summed E-state index contributed by atoms with van der Waals surface area (Å²) in [6, 6.07) is 7.02. The van der Waals surface area contributed by atoms with Gasteiger partial charge >= 0.3 is 0 Å². The second-order valence-electron chi connectivity index (χ2n) is 3.78. The maximum atomic E-state index is 8.87. The minimum atomic E-state index is 0.182. The predicted molar refractivity (Wildman–Crippen MR) is 78.4 cm³/mol. The van der Waals surface area contributed by atoms with Crippen LogP contribution >= 0.6 is 34.8 Å². The molecule has 0 unspecified atom stereocenters. The zero-order chi connectivity index (χ0) is 14.0. The maximum Gasteiger partial charge on any atom is 0.131 e. The number of hydrogen-bond donors (Lipinski definition) is 1. The van der Waals surface area contributed by atoms with E-state index in [0.717, 1.165) is 0 Å².